The average molecular weight is 236 g/mol. The monoisotopic (exact) mass is 236 g/mol. The maximum absolute atomic E-state index is 13.4. The molecule has 0 amide bonds. The van der Waals surface area contributed by atoms with Crippen molar-refractivity contribution in [1.29, 1.82) is 0 Å². The van der Waals surface area contributed by atoms with Gasteiger partial charge in [-0.15, -0.1) is 0 Å². The van der Waals surface area contributed by atoms with E-state index < -0.39 is 0 Å². The summed E-state index contributed by atoms with van der Waals surface area (Å²) in [6, 6.07) is 6.60. The average Bonchev–Trinajstić information content (AvgIpc) is 2.73. The lowest BCUT2D eigenvalue weighted by atomic mass is 10.2. The standard InChI is InChI=1S/C12H13FN2O2/c1-8-5-12(15-17-8)14-7-9-3-4-11(16-2)10(13)6-9/h3-6H,7H2,1-2H3,(H,14,15). The van der Waals surface area contributed by atoms with Gasteiger partial charge >= 0.3 is 0 Å². The Morgan fingerprint density at radius 2 is 2.24 bits per heavy atom. The highest BCUT2D eigenvalue weighted by Gasteiger charge is 2.04. The molecule has 0 spiro atoms. The molecule has 0 aliphatic heterocycles. The van der Waals surface area contributed by atoms with Gasteiger partial charge in [-0.25, -0.2) is 4.39 Å². The van der Waals surface area contributed by atoms with Crippen LogP contribution in [0.3, 0.4) is 0 Å². The summed E-state index contributed by atoms with van der Waals surface area (Å²) in [5.74, 6) is 1.24. The van der Waals surface area contributed by atoms with Crippen molar-refractivity contribution in [2.45, 2.75) is 13.5 Å². The molecule has 0 bridgehead atoms. The van der Waals surface area contributed by atoms with E-state index in [4.69, 9.17) is 9.26 Å². The van der Waals surface area contributed by atoms with Crippen LogP contribution in [-0.4, -0.2) is 12.3 Å². The molecule has 0 saturated carbocycles. The first kappa shape index (κ1) is 11.4. The van der Waals surface area contributed by atoms with Crippen LogP contribution in [0.4, 0.5) is 10.2 Å². The third-order valence-corrected chi connectivity index (χ3v) is 2.32. The Kier molecular flexibility index (Phi) is 3.27. The van der Waals surface area contributed by atoms with E-state index in [-0.39, 0.29) is 11.6 Å². The number of aryl methyl sites for hydroxylation is 1. The molecule has 5 heteroatoms. The highest BCUT2D eigenvalue weighted by molar-refractivity contribution is 5.36. The number of rotatable bonds is 4. The Morgan fingerprint density at radius 1 is 1.41 bits per heavy atom. The lowest BCUT2D eigenvalue weighted by molar-refractivity contribution is 0.386. The maximum Gasteiger partial charge on any atom is 0.169 e. The fourth-order valence-electron chi connectivity index (χ4n) is 1.46. The Morgan fingerprint density at radius 3 is 2.82 bits per heavy atom. The van der Waals surface area contributed by atoms with Crippen LogP contribution in [0.25, 0.3) is 0 Å². The fraction of sp³-hybridized carbons (Fsp3) is 0.250. The van der Waals surface area contributed by atoms with Gasteiger partial charge in [0.25, 0.3) is 0 Å². The van der Waals surface area contributed by atoms with Crippen molar-refractivity contribution in [3.05, 3.63) is 41.4 Å². The molecule has 1 heterocycles. The van der Waals surface area contributed by atoms with Crippen molar-refractivity contribution in [1.82, 2.24) is 5.16 Å². The smallest absolute Gasteiger partial charge is 0.169 e. The van der Waals surface area contributed by atoms with Gasteiger partial charge in [0.1, 0.15) is 5.76 Å². The molecule has 90 valence electrons. The predicted molar refractivity (Wildman–Crippen MR) is 61.5 cm³/mol. The van der Waals surface area contributed by atoms with E-state index in [0.717, 1.165) is 11.3 Å². The number of nitrogens with zero attached hydrogens (tertiary/aromatic N) is 1. The zero-order valence-electron chi connectivity index (χ0n) is 9.66. The van der Waals surface area contributed by atoms with Gasteiger partial charge in [-0.05, 0) is 24.6 Å². The second-order valence-corrected chi connectivity index (χ2v) is 3.65. The van der Waals surface area contributed by atoms with Gasteiger partial charge in [0, 0.05) is 12.6 Å². The van der Waals surface area contributed by atoms with E-state index in [1.807, 2.05) is 6.92 Å². The predicted octanol–water partition coefficient (Wildman–Crippen LogP) is 2.74. The SMILES string of the molecule is COc1ccc(CNc2cc(C)on2)cc1F. The second kappa shape index (κ2) is 4.86. The van der Waals surface area contributed by atoms with Crippen molar-refractivity contribution in [3.8, 4) is 5.75 Å². The van der Waals surface area contributed by atoms with Crippen molar-refractivity contribution in [2.75, 3.05) is 12.4 Å². The van der Waals surface area contributed by atoms with Gasteiger partial charge in [0.05, 0.1) is 7.11 Å². The second-order valence-electron chi connectivity index (χ2n) is 3.65. The molecule has 17 heavy (non-hydrogen) atoms. The zero-order valence-corrected chi connectivity index (χ0v) is 9.66. The van der Waals surface area contributed by atoms with Gasteiger partial charge in [0.2, 0.25) is 0 Å². The number of hydrogen-bond donors (Lipinski definition) is 1. The summed E-state index contributed by atoms with van der Waals surface area (Å²) in [6.07, 6.45) is 0. The Balaban J connectivity index is 2.02. The van der Waals surface area contributed by atoms with Gasteiger partial charge in [0.15, 0.2) is 17.4 Å². The third-order valence-electron chi connectivity index (χ3n) is 2.32. The molecule has 0 atom stereocenters. The summed E-state index contributed by atoms with van der Waals surface area (Å²) in [7, 11) is 1.44. The molecule has 1 N–H and O–H groups in total. The third kappa shape index (κ3) is 2.75. The van der Waals surface area contributed by atoms with Crippen molar-refractivity contribution < 1.29 is 13.7 Å². The summed E-state index contributed by atoms with van der Waals surface area (Å²) in [4.78, 5) is 0. The lowest BCUT2D eigenvalue weighted by Crippen LogP contribution is -2.00. The number of methoxy groups -OCH3 is 1. The number of benzene rings is 1. The maximum atomic E-state index is 13.4. The highest BCUT2D eigenvalue weighted by Crippen LogP contribution is 2.18. The molecule has 0 radical (unpaired) electrons. The van der Waals surface area contributed by atoms with Crippen molar-refractivity contribution in [3.63, 3.8) is 0 Å². The molecule has 1 aromatic heterocycles. The molecular formula is C12H13FN2O2. The molecule has 2 rings (SSSR count). The molecule has 4 nitrogen and oxygen atoms in total. The molecule has 0 unspecified atom stereocenters. The number of hydrogen-bond acceptors (Lipinski definition) is 4. The van der Waals surface area contributed by atoms with Gasteiger partial charge in [-0.2, -0.15) is 0 Å². The van der Waals surface area contributed by atoms with Crippen LogP contribution >= 0.6 is 0 Å². The van der Waals surface area contributed by atoms with E-state index in [1.165, 1.54) is 13.2 Å². The van der Waals surface area contributed by atoms with E-state index in [1.54, 1.807) is 18.2 Å². The number of aromatic nitrogens is 1. The van der Waals surface area contributed by atoms with E-state index in [0.29, 0.717) is 12.4 Å². The van der Waals surface area contributed by atoms with Crippen molar-refractivity contribution >= 4 is 5.82 Å². The number of ether oxygens (including phenoxy) is 1. The van der Waals surface area contributed by atoms with E-state index in [9.17, 15) is 4.39 Å². The first-order valence-corrected chi connectivity index (χ1v) is 5.18. The van der Waals surface area contributed by atoms with Crippen LogP contribution in [0.1, 0.15) is 11.3 Å². The first-order valence-electron chi connectivity index (χ1n) is 5.18. The lowest BCUT2D eigenvalue weighted by Gasteiger charge is -2.05. The fourth-order valence-corrected chi connectivity index (χ4v) is 1.46. The minimum atomic E-state index is -0.372. The zero-order chi connectivity index (χ0) is 12.3. The number of nitrogens with one attached hydrogen (secondary N) is 1. The minimum absolute atomic E-state index is 0.242. The quantitative estimate of drug-likeness (QED) is 0.886. The molecule has 0 fully saturated rings. The Bertz CT molecular complexity index is 511. The summed E-state index contributed by atoms with van der Waals surface area (Å²) < 4.78 is 23.1. The van der Waals surface area contributed by atoms with Crippen LogP contribution in [-0.2, 0) is 6.54 Å². The number of halogens is 1. The summed E-state index contributed by atoms with van der Waals surface area (Å²) >= 11 is 0. The Hall–Kier alpha value is -2.04. The summed E-state index contributed by atoms with van der Waals surface area (Å²) in [5, 5.41) is 6.82. The largest absolute Gasteiger partial charge is 0.494 e. The van der Waals surface area contributed by atoms with Gasteiger partial charge in [-0.1, -0.05) is 11.2 Å². The first-order chi connectivity index (χ1) is 8.19. The minimum Gasteiger partial charge on any atom is -0.494 e. The molecule has 0 aliphatic carbocycles. The molecule has 2 aromatic rings. The summed E-state index contributed by atoms with van der Waals surface area (Å²) in [5.41, 5.74) is 0.809. The van der Waals surface area contributed by atoms with Crippen LogP contribution < -0.4 is 10.1 Å². The van der Waals surface area contributed by atoms with Crippen LogP contribution in [0, 0.1) is 12.7 Å². The van der Waals surface area contributed by atoms with Gasteiger partial charge in [-0.3, -0.25) is 0 Å². The van der Waals surface area contributed by atoms with E-state index >= 15 is 0 Å². The Labute approximate surface area is 98.4 Å². The summed E-state index contributed by atoms with van der Waals surface area (Å²) in [6.45, 7) is 2.29. The van der Waals surface area contributed by atoms with Crippen LogP contribution in [0.2, 0.25) is 0 Å². The molecule has 1 aromatic carbocycles. The normalized spacial score (nSPS) is 10.3. The van der Waals surface area contributed by atoms with Crippen molar-refractivity contribution in [2.24, 2.45) is 0 Å². The highest BCUT2D eigenvalue weighted by atomic mass is 19.1. The topological polar surface area (TPSA) is 47.3 Å². The van der Waals surface area contributed by atoms with Crippen LogP contribution in [0.5, 0.6) is 5.75 Å². The molecular weight excluding hydrogens is 223 g/mol. The van der Waals surface area contributed by atoms with Gasteiger partial charge < -0.3 is 14.6 Å². The molecule has 0 aliphatic rings. The molecule has 0 saturated heterocycles. The van der Waals surface area contributed by atoms with E-state index in [2.05, 4.69) is 10.5 Å². The number of anilines is 1. The van der Waals surface area contributed by atoms with Crippen LogP contribution in [0.15, 0.2) is 28.8 Å².